The van der Waals surface area contributed by atoms with Crippen LogP contribution in [-0.2, 0) is 0 Å². The van der Waals surface area contributed by atoms with Crippen LogP contribution in [0.5, 0.6) is 5.75 Å². The summed E-state index contributed by atoms with van der Waals surface area (Å²) in [6, 6.07) is 12.5. The Kier molecular flexibility index (Phi) is 6.51. The first kappa shape index (κ1) is 22.2. The highest BCUT2D eigenvalue weighted by atomic mass is 16.5. The maximum atomic E-state index is 13.0. The van der Waals surface area contributed by atoms with E-state index in [1.807, 2.05) is 25.1 Å². The fourth-order valence-electron chi connectivity index (χ4n) is 3.92. The van der Waals surface area contributed by atoms with Crippen molar-refractivity contribution in [3.05, 3.63) is 95.7 Å². The molecule has 7 heteroatoms. The molecule has 0 saturated carbocycles. The first-order valence-electron chi connectivity index (χ1n) is 10.6. The van der Waals surface area contributed by atoms with Gasteiger partial charge in [-0.05, 0) is 55.0 Å². The number of aliphatic imine (C=N–C) groups is 1. The molecule has 2 heterocycles. The van der Waals surface area contributed by atoms with E-state index in [-0.39, 0.29) is 24.8 Å². The number of anilines is 1. The third-order valence-electron chi connectivity index (χ3n) is 5.59. The lowest BCUT2D eigenvalue weighted by Gasteiger charge is -2.30. The highest BCUT2D eigenvalue weighted by Crippen LogP contribution is 2.27. The summed E-state index contributed by atoms with van der Waals surface area (Å²) >= 11 is 0. The Bertz CT molecular complexity index is 1180. The van der Waals surface area contributed by atoms with E-state index in [1.165, 1.54) is 4.90 Å². The van der Waals surface area contributed by atoms with Gasteiger partial charge in [-0.2, -0.15) is 0 Å². The molecule has 2 aromatic carbocycles. The number of fused-ring (bicyclic) bond motifs is 1. The quantitative estimate of drug-likeness (QED) is 0.710. The Hall–Kier alpha value is -3.97. The zero-order valence-electron chi connectivity index (χ0n) is 18.5. The number of rotatable bonds is 5. The lowest BCUT2D eigenvalue weighted by molar-refractivity contribution is 0.0658. The average Bonchev–Trinajstić information content (AvgIpc) is 3.07. The van der Waals surface area contributed by atoms with Crippen LogP contribution < -0.4 is 9.64 Å². The lowest BCUT2D eigenvalue weighted by Crippen LogP contribution is -2.42. The number of benzene rings is 2. The minimum atomic E-state index is -1.00. The molecule has 0 aliphatic carbocycles. The van der Waals surface area contributed by atoms with Gasteiger partial charge in [-0.1, -0.05) is 30.4 Å². The van der Waals surface area contributed by atoms with Crippen LogP contribution in [0.15, 0.2) is 84.0 Å². The molecule has 2 aliphatic rings. The summed E-state index contributed by atoms with van der Waals surface area (Å²) in [5.74, 6) is 0.585. The smallest absolute Gasteiger partial charge is 0.261 e. The van der Waals surface area contributed by atoms with Gasteiger partial charge in [0.15, 0.2) is 6.23 Å². The Morgan fingerprint density at radius 2 is 1.76 bits per heavy atom. The third-order valence-corrected chi connectivity index (χ3v) is 5.59. The number of methoxy groups -OCH3 is 1. The van der Waals surface area contributed by atoms with Crippen LogP contribution in [0.3, 0.4) is 0 Å². The number of hydrogen-bond acceptors (Lipinski definition) is 6. The number of imide groups is 1. The molecule has 4 rings (SSSR count). The first-order valence-corrected chi connectivity index (χ1v) is 10.6. The van der Waals surface area contributed by atoms with Crippen molar-refractivity contribution in [1.29, 1.82) is 0 Å². The summed E-state index contributed by atoms with van der Waals surface area (Å²) < 4.78 is 5.24. The Labute approximate surface area is 192 Å². The van der Waals surface area contributed by atoms with Gasteiger partial charge in [0.05, 0.1) is 18.2 Å². The molecule has 0 spiro atoms. The van der Waals surface area contributed by atoms with Crippen LogP contribution in [0.25, 0.3) is 0 Å². The highest BCUT2D eigenvalue weighted by Gasteiger charge is 2.36. The zero-order valence-corrected chi connectivity index (χ0v) is 18.5. The maximum Gasteiger partial charge on any atom is 0.261 e. The topological polar surface area (TPSA) is 82.4 Å². The fraction of sp³-hybridized carbons (Fsp3) is 0.192. The van der Waals surface area contributed by atoms with Crippen molar-refractivity contribution in [3.8, 4) is 5.75 Å². The number of amidine groups is 1. The Morgan fingerprint density at radius 1 is 1.00 bits per heavy atom. The van der Waals surface area contributed by atoms with Gasteiger partial charge in [0.2, 0.25) is 0 Å². The normalized spacial score (nSPS) is 20.8. The van der Waals surface area contributed by atoms with Crippen LogP contribution in [0.1, 0.15) is 32.7 Å². The minimum Gasteiger partial charge on any atom is -0.497 e. The molecule has 2 aliphatic heterocycles. The second kappa shape index (κ2) is 9.67. The Balaban J connectivity index is 1.64. The van der Waals surface area contributed by atoms with Crippen molar-refractivity contribution in [3.63, 3.8) is 0 Å². The van der Waals surface area contributed by atoms with Crippen LogP contribution in [0.4, 0.5) is 5.69 Å². The standard InChI is InChI=1S/C26H25N3O4/c1-18-8-7-9-21-24(18)26(32)28(25(21)31)17-15-22-27-16-6-4-3-5-10-23(30)29(22)19-11-13-20(33-2)14-12-19/h3-14,16,23,30H,15,17H2,1-2H3/b4-3-,10-5+,16-6+,27-22?. The minimum absolute atomic E-state index is 0.136. The third kappa shape index (κ3) is 4.49. The predicted octanol–water partition coefficient (Wildman–Crippen LogP) is 3.85. The van der Waals surface area contributed by atoms with Crippen molar-refractivity contribution < 1.29 is 19.4 Å². The number of carbonyl (C=O) groups excluding carboxylic acids is 2. The van der Waals surface area contributed by atoms with Crippen LogP contribution in [0, 0.1) is 6.92 Å². The van der Waals surface area contributed by atoms with E-state index in [0.717, 1.165) is 5.56 Å². The van der Waals surface area contributed by atoms with Crippen LogP contribution in [-0.4, -0.2) is 47.5 Å². The fourth-order valence-corrected chi connectivity index (χ4v) is 3.92. The van der Waals surface area contributed by atoms with Crippen LogP contribution >= 0.6 is 0 Å². The van der Waals surface area contributed by atoms with Gasteiger partial charge < -0.3 is 9.84 Å². The summed E-state index contributed by atoms with van der Waals surface area (Å²) in [5, 5.41) is 10.9. The summed E-state index contributed by atoms with van der Waals surface area (Å²) in [6.45, 7) is 1.96. The van der Waals surface area contributed by atoms with E-state index in [1.54, 1.807) is 72.9 Å². The average molecular weight is 444 g/mol. The highest BCUT2D eigenvalue weighted by molar-refractivity contribution is 6.22. The molecule has 1 atom stereocenters. The van der Waals surface area contributed by atoms with Crippen molar-refractivity contribution in [2.45, 2.75) is 19.6 Å². The van der Waals surface area contributed by atoms with Crippen molar-refractivity contribution >= 4 is 23.3 Å². The second-order valence-electron chi connectivity index (χ2n) is 7.65. The molecule has 0 radical (unpaired) electrons. The van der Waals surface area contributed by atoms with E-state index < -0.39 is 6.23 Å². The zero-order chi connectivity index (χ0) is 23.4. The number of aryl methyl sites for hydroxylation is 1. The number of ether oxygens (including phenoxy) is 1. The van der Waals surface area contributed by atoms with Gasteiger partial charge in [-0.3, -0.25) is 19.4 Å². The van der Waals surface area contributed by atoms with E-state index >= 15 is 0 Å². The summed E-state index contributed by atoms with van der Waals surface area (Å²) in [7, 11) is 1.59. The molecule has 0 aromatic heterocycles. The Morgan fingerprint density at radius 3 is 2.48 bits per heavy atom. The van der Waals surface area contributed by atoms with E-state index in [0.29, 0.717) is 28.4 Å². The molecule has 0 saturated heterocycles. The number of hydrogen-bond donors (Lipinski definition) is 1. The number of aliphatic hydroxyl groups excluding tert-OH is 1. The van der Waals surface area contributed by atoms with Gasteiger partial charge in [0.25, 0.3) is 11.8 Å². The van der Waals surface area contributed by atoms with Gasteiger partial charge in [0, 0.05) is 24.9 Å². The van der Waals surface area contributed by atoms with Crippen molar-refractivity contribution in [1.82, 2.24) is 4.90 Å². The van der Waals surface area contributed by atoms with E-state index in [9.17, 15) is 14.7 Å². The van der Waals surface area contributed by atoms with Gasteiger partial charge >= 0.3 is 0 Å². The predicted molar refractivity (Wildman–Crippen MR) is 127 cm³/mol. The summed E-state index contributed by atoms with van der Waals surface area (Å²) in [4.78, 5) is 33.3. The molecule has 0 bridgehead atoms. The van der Waals surface area contributed by atoms with Crippen molar-refractivity contribution in [2.75, 3.05) is 18.6 Å². The molecule has 1 N–H and O–H groups in total. The molecular weight excluding hydrogens is 418 g/mol. The van der Waals surface area contributed by atoms with Gasteiger partial charge in [0.1, 0.15) is 11.6 Å². The molecule has 2 aromatic rings. The van der Waals surface area contributed by atoms with Gasteiger partial charge in [-0.15, -0.1) is 0 Å². The maximum absolute atomic E-state index is 13.0. The SMILES string of the molecule is COc1ccc(N2C(CCN3C(=O)c4cccc(C)c4C3=O)=N/C=C/C=C\C=C\C2O)cc1. The van der Waals surface area contributed by atoms with E-state index in [2.05, 4.69) is 4.99 Å². The number of aliphatic hydroxyl groups is 1. The monoisotopic (exact) mass is 443 g/mol. The van der Waals surface area contributed by atoms with Gasteiger partial charge in [-0.25, -0.2) is 4.99 Å². The van der Waals surface area contributed by atoms with Crippen LogP contribution in [0.2, 0.25) is 0 Å². The lowest BCUT2D eigenvalue weighted by atomic mass is 10.0. The molecular formula is C26H25N3O4. The number of nitrogens with zero attached hydrogens (tertiary/aromatic N) is 3. The largest absolute Gasteiger partial charge is 0.497 e. The van der Waals surface area contributed by atoms with E-state index in [4.69, 9.17) is 4.74 Å². The number of carbonyl (C=O) groups is 2. The van der Waals surface area contributed by atoms with Crippen molar-refractivity contribution in [2.24, 2.45) is 4.99 Å². The molecule has 1 unspecified atom stereocenters. The summed E-state index contributed by atoms with van der Waals surface area (Å²) in [6.07, 6.45) is 9.66. The molecule has 33 heavy (non-hydrogen) atoms. The molecule has 2 amide bonds. The summed E-state index contributed by atoms with van der Waals surface area (Å²) in [5.41, 5.74) is 2.35. The molecule has 168 valence electrons. The number of allylic oxidation sites excluding steroid dienone is 4. The number of amides is 2. The second-order valence-corrected chi connectivity index (χ2v) is 7.65. The first-order chi connectivity index (χ1) is 16.0. The molecule has 7 nitrogen and oxygen atoms in total. The molecule has 0 fully saturated rings.